The van der Waals surface area contributed by atoms with Crippen molar-refractivity contribution in [2.24, 2.45) is 5.92 Å². The van der Waals surface area contributed by atoms with Gasteiger partial charge >= 0.3 is 5.97 Å². The molecule has 0 aromatic heterocycles. The van der Waals surface area contributed by atoms with Crippen molar-refractivity contribution in [2.45, 2.75) is 77.0 Å². The number of carbonyl (C=O) groups is 2. The molecule has 8 nitrogen and oxygen atoms in total. The van der Waals surface area contributed by atoms with Crippen LogP contribution in [0.25, 0.3) is 11.1 Å². The van der Waals surface area contributed by atoms with E-state index in [1.807, 2.05) is 12.1 Å². The molecule has 0 spiro atoms. The Hall–Kier alpha value is -3.46. The highest BCUT2D eigenvalue weighted by Crippen LogP contribution is 2.39. The maximum Gasteiger partial charge on any atom is 0.338 e. The molecule has 2 aromatic carbocycles. The van der Waals surface area contributed by atoms with Crippen LogP contribution in [0.2, 0.25) is 0 Å². The van der Waals surface area contributed by atoms with Gasteiger partial charge in [-0.2, -0.15) is 4.89 Å². The molecule has 0 bridgehead atoms. The smallest absolute Gasteiger partial charge is 0.338 e. The van der Waals surface area contributed by atoms with Gasteiger partial charge in [-0.1, -0.05) is 88.9 Å². The Morgan fingerprint density at radius 1 is 0.907 bits per heavy atom. The molecule has 2 N–H and O–H groups in total. The zero-order valence-corrected chi connectivity index (χ0v) is 25.7. The number of rotatable bonds is 17. The Morgan fingerprint density at radius 2 is 1.58 bits per heavy atom. The van der Waals surface area contributed by atoms with Crippen molar-refractivity contribution in [3.63, 3.8) is 0 Å². The Labute approximate surface area is 256 Å². The molecule has 8 heteroatoms. The summed E-state index contributed by atoms with van der Waals surface area (Å²) in [6, 6.07) is 14.3. The number of ether oxygens (including phenoxy) is 2. The Kier molecular flexibility index (Phi) is 17.0. The highest BCUT2D eigenvalue weighted by molar-refractivity contribution is 5.87. The molecule has 0 saturated heterocycles. The lowest BCUT2D eigenvalue weighted by molar-refractivity contribution is -0.180. The topological polar surface area (TPSA) is 112 Å². The molecule has 236 valence electrons. The van der Waals surface area contributed by atoms with Gasteiger partial charge in [0.2, 0.25) is 12.5 Å². The lowest BCUT2D eigenvalue weighted by Gasteiger charge is -2.29. The molecule has 3 rings (SSSR count). The molecule has 0 atom stereocenters. The van der Waals surface area contributed by atoms with E-state index < -0.39 is 12.6 Å². The van der Waals surface area contributed by atoms with E-state index in [4.69, 9.17) is 29.5 Å². The van der Waals surface area contributed by atoms with E-state index in [0.717, 1.165) is 17.0 Å². The van der Waals surface area contributed by atoms with Crippen LogP contribution in [0, 0.1) is 5.92 Å². The van der Waals surface area contributed by atoms with Crippen molar-refractivity contribution in [3.8, 4) is 22.6 Å². The van der Waals surface area contributed by atoms with Crippen LogP contribution in [0.1, 0.15) is 82.6 Å². The molecule has 1 aliphatic rings. The summed E-state index contributed by atoms with van der Waals surface area (Å²) in [4.78, 5) is 31.2. The molecule has 1 fully saturated rings. The summed E-state index contributed by atoms with van der Waals surface area (Å²) in [6.07, 6.45) is 14.0. The third kappa shape index (κ3) is 12.7. The van der Waals surface area contributed by atoms with E-state index in [0.29, 0.717) is 23.7 Å². The van der Waals surface area contributed by atoms with E-state index in [1.165, 1.54) is 76.9 Å². The lowest BCUT2D eigenvalue weighted by atomic mass is 9.77. The first-order valence-electron chi connectivity index (χ1n) is 15.1. The molecule has 0 amide bonds. The second-order valence-corrected chi connectivity index (χ2v) is 10.8. The molecule has 0 aliphatic heterocycles. The number of aliphatic hydroxyl groups excluding tert-OH is 2. The summed E-state index contributed by atoms with van der Waals surface area (Å²) in [7, 11) is 1.41. The lowest BCUT2D eigenvalue weighted by Crippen LogP contribution is -2.14. The van der Waals surface area contributed by atoms with E-state index in [1.54, 1.807) is 6.07 Å². The Balaban J connectivity index is 0.000000973. The first-order chi connectivity index (χ1) is 20.9. The first-order valence-corrected chi connectivity index (χ1v) is 15.1. The molecule has 0 unspecified atom stereocenters. The summed E-state index contributed by atoms with van der Waals surface area (Å²) < 4.78 is 10.6. The Morgan fingerprint density at radius 3 is 2.16 bits per heavy atom. The molecule has 0 radical (unpaired) electrons. The molecule has 1 aliphatic carbocycles. The predicted octanol–water partition coefficient (Wildman–Crippen LogP) is 7.09. The third-order valence-electron chi connectivity index (χ3n) is 7.65. The normalized spacial score (nSPS) is 15.9. The summed E-state index contributed by atoms with van der Waals surface area (Å²) in [6.45, 7) is 7.84. The van der Waals surface area contributed by atoms with Gasteiger partial charge in [-0.3, -0.25) is 4.79 Å². The number of aliphatic hydroxyl groups is 2. The van der Waals surface area contributed by atoms with Crippen LogP contribution >= 0.6 is 0 Å². The van der Waals surface area contributed by atoms with Gasteiger partial charge in [0.25, 0.3) is 0 Å². The van der Waals surface area contributed by atoms with E-state index in [9.17, 15) is 9.59 Å². The van der Waals surface area contributed by atoms with E-state index in [2.05, 4.69) is 44.3 Å². The maximum atomic E-state index is 11.7. The fraction of sp³-hybridized carbons (Fsp3) is 0.486. The summed E-state index contributed by atoms with van der Waals surface area (Å²) in [5.41, 5.74) is 3.60. The standard InChI is InChI=1S/C31H42O6.C4H6O2/c1-4-5-6-7-8-9-24-10-12-25(13-11-24)26-14-16-27(17-15-26)28-18-19-29(37-34-3)30(20-28)35-22-36-31(33)23(2)21-32;1-4(2-5)3-6/h14-20,24-25,32H,2,4-13,21-22H2,1,3H3;2,6H,1,3H2. The van der Waals surface area contributed by atoms with Gasteiger partial charge in [0.1, 0.15) is 6.29 Å². The van der Waals surface area contributed by atoms with Gasteiger partial charge in [0.05, 0.1) is 25.9 Å². The highest BCUT2D eigenvalue weighted by atomic mass is 17.2. The third-order valence-corrected chi connectivity index (χ3v) is 7.65. The van der Waals surface area contributed by atoms with Gasteiger partial charge in [-0.15, -0.1) is 0 Å². The summed E-state index contributed by atoms with van der Waals surface area (Å²) in [5.74, 6) is 1.57. The highest BCUT2D eigenvalue weighted by Gasteiger charge is 2.22. The van der Waals surface area contributed by atoms with E-state index >= 15 is 0 Å². The van der Waals surface area contributed by atoms with Crippen LogP contribution in [0.3, 0.4) is 0 Å². The minimum atomic E-state index is -0.718. The van der Waals surface area contributed by atoms with Gasteiger partial charge in [-0.05, 0) is 66.3 Å². The largest absolute Gasteiger partial charge is 0.453 e. The van der Waals surface area contributed by atoms with Crippen molar-refractivity contribution in [1.29, 1.82) is 0 Å². The zero-order chi connectivity index (χ0) is 31.5. The average Bonchev–Trinajstić information content (AvgIpc) is 3.05. The van der Waals surface area contributed by atoms with Crippen LogP contribution in [0.5, 0.6) is 11.5 Å². The van der Waals surface area contributed by atoms with Crippen LogP contribution in [-0.4, -0.2) is 49.6 Å². The maximum absolute atomic E-state index is 11.7. The molecule has 2 aromatic rings. The molecule has 43 heavy (non-hydrogen) atoms. The SMILES string of the molecule is C=C(C=O)CO.C=C(CO)C(=O)OCOc1cc(-c2ccc(C3CCC(CCCCCCC)CC3)cc2)ccc1OOC. The van der Waals surface area contributed by atoms with Crippen molar-refractivity contribution < 1.29 is 39.1 Å². The van der Waals surface area contributed by atoms with E-state index in [-0.39, 0.29) is 24.5 Å². The van der Waals surface area contributed by atoms with Gasteiger partial charge < -0.3 is 24.6 Å². The van der Waals surface area contributed by atoms with Crippen molar-refractivity contribution >= 4 is 12.3 Å². The fourth-order valence-electron chi connectivity index (χ4n) is 5.08. The number of carbonyl (C=O) groups excluding carboxylic acids is 2. The first kappa shape index (κ1) is 35.7. The number of esters is 1. The average molecular weight is 597 g/mol. The monoisotopic (exact) mass is 596 g/mol. The molecular formula is C35H48O8. The molecule has 0 heterocycles. The molecular weight excluding hydrogens is 548 g/mol. The number of aldehydes is 1. The summed E-state index contributed by atoms with van der Waals surface area (Å²) in [5, 5.41) is 17.0. The number of unbranched alkanes of at least 4 members (excludes halogenated alkanes) is 4. The van der Waals surface area contributed by atoms with Crippen LogP contribution in [0.4, 0.5) is 0 Å². The fourth-order valence-corrected chi connectivity index (χ4v) is 5.08. The second-order valence-electron chi connectivity index (χ2n) is 10.8. The van der Waals surface area contributed by atoms with Crippen LogP contribution in [-0.2, 0) is 19.2 Å². The Bertz CT molecular complexity index is 1130. The van der Waals surface area contributed by atoms with Crippen molar-refractivity contribution in [1.82, 2.24) is 0 Å². The minimum absolute atomic E-state index is 0.0401. The van der Waals surface area contributed by atoms with Crippen LogP contribution in [0.15, 0.2) is 66.8 Å². The van der Waals surface area contributed by atoms with Crippen molar-refractivity contribution in [3.05, 3.63) is 72.3 Å². The van der Waals surface area contributed by atoms with Crippen LogP contribution < -0.4 is 9.62 Å². The number of benzene rings is 2. The number of hydrogen-bond donors (Lipinski definition) is 2. The van der Waals surface area contributed by atoms with Crippen molar-refractivity contribution in [2.75, 3.05) is 27.1 Å². The minimum Gasteiger partial charge on any atom is -0.453 e. The van der Waals surface area contributed by atoms with Gasteiger partial charge in [-0.25, -0.2) is 4.79 Å². The number of hydrogen-bond acceptors (Lipinski definition) is 8. The van der Waals surface area contributed by atoms with Gasteiger partial charge in [0.15, 0.2) is 5.75 Å². The predicted molar refractivity (Wildman–Crippen MR) is 168 cm³/mol. The quantitative estimate of drug-likeness (QED) is 0.0379. The molecule has 1 saturated carbocycles. The van der Waals surface area contributed by atoms with Gasteiger partial charge in [0, 0.05) is 5.57 Å². The summed E-state index contributed by atoms with van der Waals surface area (Å²) >= 11 is 0. The zero-order valence-electron chi connectivity index (χ0n) is 25.7. The second kappa shape index (κ2) is 20.4.